The summed E-state index contributed by atoms with van der Waals surface area (Å²) in [5.41, 5.74) is 1.31. The zero-order valence-electron chi connectivity index (χ0n) is 13.2. The van der Waals surface area contributed by atoms with Crippen molar-refractivity contribution in [1.29, 1.82) is 0 Å². The Kier molecular flexibility index (Phi) is 6.27. The minimum absolute atomic E-state index is 0.0362. The summed E-state index contributed by atoms with van der Waals surface area (Å²) < 4.78 is 40.0. The summed E-state index contributed by atoms with van der Waals surface area (Å²) in [5, 5.41) is 6.24. The first kappa shape index (κ1) is 19.1. The number of rotatable bonds is 6. The predicted molar refractivity (Wildman–Crippen MR) is 89.6 cm³/mol. The van der Waals surface area contributed by atoms with Crippen LogP contribution in [0.3, 0.4) is 0 Å². The van der Waals surface area contributed by atoms with Crippen molar-refractivity contribution < 1.29 is 22.7 Å². The van der Waals surface area contributed by atoms with E-state index in [-0.39, 0.29) is 24.2 Å². The van der Waals surface area contributed by atoms with E-state index in [1.165, 1.54) is 12.1 Å². The molecule has 2 N–H and O–H groups in total. The van der Waals surface area contributed by atoms with Gasteiger partial charge in [-0.25, -0.2) is 0 Å². The van der Waals surface area contributed by atoms with E-state index in [1.807, 2.05) is 19.1 Å². The maximum absolute atomic E-state index is 12.1. The van der Waals surface area contributed by atoms with Gasteiger partial charge in [-0.3, -0.25) is 4.79 Å². The second-order valence-electron chi connectivity index (χ2n) is 5.28. The van der Waals surface area contributed by atoms with Crippen LogP contribution in [0, 0.1) is 0 Å². The van der Waals surface area contributed by atoms with E-state index in [0.717, 1.165) is 17.7 Å². The number of hydrogen-bond acceptors (Lipinski definition) is 3. The van der Waals surface area contributed by atoms with E-state index in [9.17, 15) is 18.0 Å². The van der Waals surface area contributed by atoms with Crippen LogP contribution in [-0.4, -0.2) is 18.8 Å². The minimum Gasteiger partial charge on any atom is -0.406 e. The lowest BCUT2D eigenvalue weighted by molar-refractivity contribution is -0.274. The van der Waals surface area contributed by atoms with Crippen molar-refractivity contribution in [1.82, 2.24) is 5.32 Å². The van der Waals surface area contributed by atoms with Crippen molar-refractivity contribution in [2.24, 2.45) is 0 Å². The Hall–Kier alpha value is -2.25. The van der Waals surface area contributed by atoms with Crippen LogP contribution in [0.1, 0.15) is 18.5 Å². The maximum atomic E-state index is 12.1. The average Bonchev–Trinajstić information content (AvgIpc) is 2.53. The summed E-state index contributed by atoms with van der Waals surface area (Å²) in [4.78, 5) is 11.9. The monoisotopic (exact) mass is 372 g/mol. The van der Waals surface area contributed by atoms with Gasteiger partial charge in [-0.2, -0.15) is 0 Å². The Balaban J connectivity index is 1.84. The highest BCUT2D eigenvalue weighted by atomic mass is 35.5. The molecule has 4 nitrogen and oxygen atoms in total. The number of anilines is 1. The molecule has 134 valence electrons. The number of nitrogens with one attached hydrogen (secondary N) is 2. The fourth-order valence-electron chi connectivity index (χ4n) is 2.08. The summed E-state index contributed by atoms with van der Waals surface area (Å²) in [6.07, 6.45) is -4.74. The number of carbonyl (C=O) groups is 1. The molecule has 0 aliphatic heterocycles. The smallest absolute Gasteiger partial charge is 0.406 e. The van der Waals surface area contributed by atoms with E-state index in [2.05, 4.69) is 15.4 Å². The topological polar surface area (TPSA) is 50.4 Å². The predicted octanol–water partition coefficient (Wildman–Crippen LogP) is 4.53. The highest BCUT2D eigenvalue weighted by Gasteiger charge is 2.30. The Morgan fingerprint density at radius 3 is 2.48 bits per heavy atom. The fourth-order valence-corrected chi connectivity index (χ4v) is 2.28. The van der Waals surface area contributed by atoms with E-state index >= 15 is 0 Å². The molecular formula is C17H16ClF3N2O2. The van der Waals surface area contributed by atoms with Gasteiger partial charge in [0.05, 0.1) is 6.54 Å². The van der Waals surface area contributed by atoms with Crippen LogP contribution in [-0.2, 0) is 4.79 Å². The van der Waals surface area contributed by atoms with Gasteiger partial charge in [-0.1, -0.05) is 23.7 Å². The van der Waals surface area contributed by atoms with Gasteiger partial charge in [0.2, 0.25) is 5.91 Å². The molecule has 2 aromatic carbocycles. The number of benzene rings is 2. The SMILES string of the molecule is C[C@@H](NCC(=O)Nc1ccc(OC(F)(F)F)cc1)c1cccc(Cl)c1. The largest absolute Gasteiger partial charge is 0.573 e. The van der Waals surface area contributed by atoms with E-state index in [1.54, 1.807) is 12.1 Å². The molecule has 0 radical (unpaired) electrons. The van der Waals surface area contributed by atoms with Crippen LogP contribution >= 0.6 is 11.6 Å². The van der Waals surface area contributed by atoms with E-state index < -0.39 is 6.36 Å². The molecule has 0 spiro atoms. The molecule has 0 unspecified atom stereocenters. The highest BCUT2D eigenvalue weighted by Crippen LogP contribution is 2.24. The van der Waals surface area contributed by atoms with Gasteiger partial charge in [0, 0.05) is 16.8 Å². The molecule has 0 aromatic heterocycles. The lowest BCUT2D eigenvalue weighted by atomic mass is 10.1. The summed E-state index contributed by atoms with van der Waals surface area (Å²) in [7, 11) is 0. The number of hydrogen-bond donors (Lipinski definition) is 2. The van der Waals surface area contributed by atoms with Crippen molar-refractivity contribution in [3.8, 4) is 5.75 Å². The van der Waals surface area contributed by atoms with Gasteiger partial charge < -0.3 is 15.4 Å². The van der Waals surface area contributed by atoms with Gasteiger partial charge in [0.1, 0.15) is 5.75 Å². The van der Waals surface area contributed by atoms with Crippen molar-refractivity contribution in [2.75, 3.05) is 11.9 Å². The quantitative estimate of drug-likeness (QED) is 0.783. The molecule has 2 aromatic rings. The molecule has 0 saturated carbocycles. The lowest BCUT2D eigenvalue weighted by Crippen LogP contribution is -2.30. The first-order chi connectivity index (χ1) is 11.7. The third kappa shape index (κ3) is 6.64. The normalized spacial score (nSPS) is 12.5. The second kappa shape index (κ2) is 8.22. The number of amides is 1. The van der Waals surface area contributed by atoms with Gasteiger partial charge in [0.15, 0.2) is 0 Å². The molecule has 0 heterocycles. The lowest BCUT2D eigenvalue weighted by Gasteiger charge is -2.14. The van der Waals surface area contributed by atoms with Crippen LogP contribution in [0.4, 0.5) is 18.9 Å². The zero-order chi connectivity index (χ0) is 18.4. The van der Waals surface area contributed by atoms with Gasteiger partial charge in [0.25, 0.3) is 0 Å². The maximum Gasteiger partial charge on any atom is 0.573 e. The summed E-state index contributed by atoms with van der Waals surface area (Å²) in [6, 6.07) is 12.1. The highest BCUT2D eigenvalue weighted by molar-refractivity contribution is 6.30. The van der Waals surface area contributed by atoms with Crippen LogP contribution in [0.15, 0.2) is 48.5 Å². The summed E-state index contributed by atoms with van der Waals surface area (Å²) in [5.74, 6) is -0.670. The van der Waals surface area contributed by atoms with Gasteiger partial charge in [-0.15, -0.1) is 13.2 Å². The Labute approximate surface area is 147 Å². The third-order valence-electron chi connectivity index (χ3n) is 3.29. The molecule has 8 heteroatoms. The van der Waals surface area contributed by atoms with Crippen molar-refractivity contribution in [3.05, 3.63) is 59.1 Å². The molecule has 25 heavy (non-hydrogen) atoms. The zero-order valence-corrected chi connectivity index (χ0v) is 14.0. The number of halogens is 4. The van der Waals surface area contributed by atoms with Crippen LogP contribution in [0.5, 0.6) is 5.75 Å². The van der Waals surface area contributed by atoms with Gasteiger partial charge >= 0.3 is 6.36 Å². The standard InChI is InChI=1S/C17H16ClF3N2O2/c1-11(12-3-2-4-13(18)9-12)22-10-16(24)23-14-5-7-15(8-6-14)25-17(19,20)21/h2-9,11,22H,10H2,1H3,(H,23,24)/t11-/m1/s1. The molecule has 1 atom stereocenters. The summed E-state index contributed by atoms with van der Waals surface area (Å²) >= 11 is 5.92. The first-order valence-corrected chi connectivity index (χ1v) is 7.75. The van der Waals surface area contributed by atoms with E-state index in [4.69, 9.17) is 11.6 Å². The average molecular weight is 373 g/mol. The molecule has 0 fully saturated rings. The van der Waals surface area contributed by atoms with Crippen molar-refractivity contribution in [2.45, 2.75) is 19.3 Å². The fraction of sp³-hybridized carbons (Fsp3) is 0.235. The Bertz CT molecular complexity index is 721. The molecule has 1 amide bonds. The first-order valence-electron chi connectivity index (χ1n) is 7.37. The van der Waals surface area contributed by atoms with Gasteiger partial charge in [-0.05, 0) is 48.9 Å². The van der Waals surface area contributed by atoms with Crippen LogP contribution in [0.2, 0.25) is 5.02 Å². The molecule has 0 bridgehead atoms. The molecule has 0 aliphatic rings. The number of alkyl halides is 3. The van der Waals surface area contributed by atoms with E-state index in [0.29, 0.717) is 10.7 Å². The number of ether oxygens (including phenoxy) is 1. The van der Waals surface area contributed by atoms with Crippen LogP contribution < -0.4 is 15.4 Å². The molecule has 0 saturated heterocycles. The third-order valence-corrected chi connectivity index (χ3v) is 3.52. The Morgan fingerprint density at radius 1 is 1.20 bits per heavy atom. The van der Waals surface area contributed by atoms with Crippen LogP contribution in [0.25, 0.3) is 0 Å². The number of carbonyl (C=O) groups excluding carboxylic acids is 1. The molecule has 2 rings (SSSR count). The van der Waals surface area contributed by atoms with Crippen molar-refractivity contribution in [3.63, 3.8) is 0 Å². The second-order valence-corrected chi connectivity index (χ2v) is 5.71. The molecule has 0 aliphatic carbocycles. The Morgan fingerprint density at radius 2 is 1.88 bits per heavy atom. The van der Waals surface area contributed by atoms with Crippen molar-refractivity contribution >= 4 is 23.2 Å². The summed E-state index contributed by atoms with van der Waals surface area (Å²) in [6.45, 7) is 1.93. The minimum atomic E-state index is -4.74. The molecular weight excluding hydrogens is 357 g/mol.